The molecule has 5 heteroatoms. The van der Waals surface area contributed by atoms with Gasteiger partial charge in [0.15, 0.2) is 0 Å². The summed E-state index contributed by atoms with van der Waals surface area (Å²) >= 11 is 0. The van der Waals surface area contributed by atoms with E-state index in [0.29, 0.717) is 12.2 Å². The van der Waals surface area contributed by atoms with Crippen LogP contribution in [0.25, 0.3) is 0 Å². The molecule has 1 atom stereocenters. The van der Waals surface area contributed by atoms with Crippen LogP contribution in [0.15, 0.2) is 12.1 Å². The van der Waals surface area contributed by atoms with E-state index >= 15 is 0 Å². The summed E-state index contributed by atoms with van der Waals surface area (Å²) in [6.45, 7) is 1.85. The Hall–Kier alpha value is -1.75. The molecule has 0 bridgehead atoms. The van der Waals surface area contributed by atoms with Crippen LogP contribution < -0.4 is 15.2 Å². The lowest BCUT2D eigenvalue weighted by atomic mass is 10.0. The molecule has 17 heavy (non-hydrogen) atoms. The summed E-state index contributed by atoms with van der Waals surface area (Å²) < 4.78 is 10.2. The molecule has 1 unspecified atom stereocenters. The summed E-state index contributed by atoms with van der Waals surface area (Å²) in [5, 5.41) is 9.07. The Labute approximate surface area is 100 Å². The number of methoxy groups -OCH3 is 2. The largest absolute Gasteiger partial charge is 0.496 e. The molecule has 0 saturated carbocycles. The highest BCUT2D eigenvalue weighted by Crippen LogP contribution is 2.29. The molecule has 0 aliphatic carbocycles. The number of benzene rings is 1. The first-order valence-electron chi connectivity index (χ1n) is 5.23. The van der Waals surface area contributed by atoms with Crippen LogP contribution in [0.1, 0.15) is 22.8 Å². The topological polar surface area (TPSA) is 81.8 Å². The number of hydrogen-bond donors (Lipinski definition) is 2. The number of nitrogens with two attached hydrogens (primary N) is 1. The van der Waals surface area contributed by atoms with Crippen molar-refractivity contribution in [3.63, 3.8) is 0 Å². The van der Waals surface area contributed by atoms with Gasteiger partial charge in [-0.25, -0.2) is 4.79 Å². The Balaban J connectivity index is 3.28. The minimum Gasteiger partial charge on any atom is -0.496 e. The lowest BCUT2D eigenvalue weighted by Crippen LogP contribution is -2.18. The zero-order valence-electron chi connectivity index (χ0n) is 10.2. The van der Waals surface area contributed by atoms with E-state index in [-0.39, 0.29) is 17.4 Å². The third kappa shape index (κ3) is 3.10. The molecule has 0 saturated heterocycles. The first kappa shape index (κ1) is 13.3. The van der Waals surface area contributed by atoms with Crippen LogP contribution in [-0.4, -0.2) is 31.3 Å². The number of ether oxygens (including phenoxy) is 2. The van der Waals surface area contributed by atoms with E-state index in [1.165, 1.54) is 14.2 Å². The molecule has 3 N–H and O–H groups in total. The van der Waals surface area contributed by atoms with E-state index in [4.69, 9.17) is 20.3 Å². The number of carboxylic acid groups (broad SMARTS) is 1. The molecular weight excluding hydrogens is 222 g/mol. The SMILES string of the molecule is COc1cc(OC)c(C(=O)O)cc1CC(C)N. The van der Waals surface area contributed by atoms with Crippen molar-refractivity contribution in [3.05, 3.63) is 23.3 Å². The molecule has 1 aromatic rings. The van der Waals surface area contributed by atoms with E-state index in [0.717, 1.165) is 5.56 Å². The lowest BCUT2D eigenvalue weighted by Gasteiger charge is -2.14. The molecule has 0 fully saturated rings. The second kappa shape index (κ2) is 5.54. The van der Waals surface area contributed by atoms with Gasteiger partial charge in [0.05, 0.1) is 14.2 Å². The smallest absolute Gasteiger partial charge is 0.339 e. The minimum absolute atomic E-state index is 0.0704. The molecule has 1 aromatic carbocycles. The molecule has 5 nitrogen and oxygen atoms in total. The summed E-state index contributed by atoms with van der Waals surface area (Å²) in [7, 11) is 2.95. The molecular formula is C12H17NO4. The van der Waals surface area contributed by atoms with E-state index in [1.807, 2.05) is 6.92 Å². The van der Waals surface area contributed by atoms with Gasteiger partial charge < -0.3 is 20.3 Å². The van der Waals surface area contributed by atoms with Crippen molar-refractivity contribution < 1.29 is 19.4 Å². The average molecular weight is 239 g/mol. The zero-order valence-corrected chi connectivity index (χ0v) is 10.2. The van der Waals surface area contributed by atoms with Crippen molar-refractivity contribution >= 4 is 5.97 Å². The summed E-state index contributed by atoms with van der Waals surface area (Å²) in [6.07, 6.45) is 0.549. The highest BCUT2D eigenvalue weighted by Gasteiger charge is 2.16. The second-order valence-electron chi connectivity index (χ2n) is 3.85. The van der Waals surface area contributed by atoms with Crippen molar-refractivity contribution in [3.8, 4) is 11.5 Å². The lowest BCUT2D eigenvalue weighted by molar-refractivity contribution is 0.0693. The summed E-state index contributed by atoms with van der Waals surface area (Å²) in [5.74, 6) is -0.164. The normalized spacial score (nSPS) is 12.0. The average Bonchev–Trinajstić information content (AvgIpc) is 2.27. The fourth-order valence-corrected chi connectivity index (χ4v) is 1.64. The van der Waals surface area contributed by atoms with Gasteiger partial charge in [-0.15, -0.1) is 0 Å². The monoisotopic (exact) mass is 239 g/mol. The van der Waals surface area contributed by atoms with Crippen LogP contribution in [0, 0.1) is 0 Å². The fourth-order valence-electron chi connectivity index (χ4n) is 1.64. The molecule has 1 rings (SSSR count). The van der Waals surface area contributed by atoms with Crippen molar-refractivity contribution in [1.29, 1.82) is 0 Å². The Bertz CT molecular complexity index is 415. The summed E-state index contributed by atoms with van der Waals surface area (Å²) in [5.41, 5.74) is 6.59. The minimum atomic E-state index is -1.03. The quantitative estimate of drug-likeness (QED) is 0.809. The van der Waals surface area contributed by atoms with Crippen LogP contribution in [0.5, 0.6) is 11.5 Å². The number of carbonyl (C=O) groups is 1. The highest BCUT2D eigenvalue weighted by atomic mass is 16.5. The molecule has 0 radical (unpaired) electrons. The predicted octanol–water partition coefficient (Wildman–Crippen LogP) is 1.29. The maximum absolute atomic E-state index is 11.1. The van der Waals surface area contributed by atoms with Gasteiger partial charge in [0.1, 0.15) is 17.1 Å². The van der Waals surface area contributed by atoms with Crippen LogP contribution in [0.4, 0.5) is 0 Å². The Kier molecular flexibility index (Phi) is 4.34. The maximum atomic E-state index is 11.1. The molecule has 0 amide bonds. The van der Waals surface area contributed by atoms with Gasteiger partial charge in [-0.3, -0.25) is 0 Å². The van der Waals surface area contributed by atoms with Crippen LogP contribution in [-0.2, 0) is 6.42 Å². The van der Waals surface area contributed by atoms with E-state index in [9.17, 15) is 4.79 Å². The van der Waals surface area contributed by atoms with E-state index in [2.05, 4.69) is 0 Å². The van der Waals surface area contributed by atoms with Crippen LogP contribution in [0.2, 0.25) is 0 Å². The van der Waals surface area contributed by atoms with Gasteiger partial charge in [-0.2, -0.15) is 0 Å². The Morgan fingerprint density at radius 3 is 2.35 bits per heavy atom. The standard InChI is InChI=1S/C12H17NO4/c1-7(13)4-8-5-9(12(14)15)11(17-3)6-10(8)16-2/h5-7H,4,13H2,1-3H3,(H,14,15). The van der Waals surface area contributed by atoms with Gasteiger partial charge in [0, 0.05) is 12.1 Å². The van der Waals surface area contributed by atoms with E-state index < -0.39 is 5.97 Å². The molecule has 94 valence electrons. The Morgan fingerprint density at radius 2 is 1.94 bits per heavy atom. The predicted molar refractivity (Wildman–Crippen MR) is 63.9 cm³/mol. The maximum Gasteiger partial charge on any atom is 0.339 e. The second-order valence-corrected chi connectivity index (χ2v) is 3.85. The summed E-state index contributed by atoms with van der Waals surface area (Å²) in [6, 6.07) is 3.05. The number of aromatic carboxylic acids is 1. The first-order chi connectivity index (χ1) is 7.99. The van der Waals surface area contributed by atoms with Crippen molar-refractivity contribution in [2.75, 3.05) is 14.2 Å². The number of hydrogen-bond acceptors (Lipinski definition) is 4. The summed E-state index contributed by atoms with van der Waals surface area (Å²) in [4.78, 5) is 11.1. The first-order valence-corrected chi connectivity index (χ1v) is 5.23. The highest BCUT2D eigenvalue weighted by molar-refractivity contribution is 5.91. The molecule has 0 aliphatic rings. The van der Waals surface area contributed by atoms with Crippen molar-refractivity contribution in [2.45, 2.75) is 19.4 Å². The van der Waals surface area contributed by atoms with Crippen molar-refractivity contribution in [1.82, 2.24) is 0 Å². The number of carboxylic acids is 1. The molecule has 0 spiro atoms. The van der Waals surface area contributed by atoms with Gasteiger partial charge in [0.2, 0.25) is 0 Å². The van der Waals surface area contributed by atoms with E-state index in [1.54, 1.807) is 12.1 Å². The van der Waals surface area contributed by atoms with Crippen molar-refractivity contribution in [2.24, 2.45) is 5.73 Å². The number of rotatable bonds is 5. The van der Waals surface area contributed by atoms with Gasteiger partial charge in [-0.05, 0) is 25.0 Å². The van der Waals surface area contributed by atoms with Crippen LogP contribution >= 0.6 is 0 Å². The van der Waals surface area contributed by atoms with Gasteiger partial charge >= 0.3 is 5.97 Å². The molecule has 0 aromatic heterocycles. The molecule has 0 heterocycles. The van der Waals surface area contributed by atoms with Gasteiger partial charge in [-0.1, -0.05) is 0 Å². The fraction of sp³-hybridized carbons (Fsp3) is 0.417. The zero-order chi connectivity index (χ0) is 13.0. The van der Waals surface area contributed by atoms with Gasteiger partial charge in [0.25, 0.3) is 0 Å². The van der Waals surface area contributed by atoms with Crippen LogP contribution in [0.3, 0.4) is 0 Å². The third-order valence-electron chi connectivity index (χ3n) is 2.37. The third-order valence-corrected chi connectivity index (χ3v) is 2.37. The molecule has 0 aliphatic heterocycles. The Morgan fingerprint density at radius 1 is 1.35 bits per heavy atom.